The Hall–Kier alpha value is -0.410. The number of rotatable bonds is 3. The molecule has 0 saturated heterocycles. The molecule has 0 spiro atoms. The Bertz CT molecular complexity index is 261. The topological polar surface area (TPSA) is 24.9 Å². The second-order valence-electron chi connectivity index (χ2n) is 4.42. The van der Waals surface area contributed by atoms with Crippen LogP contribution in [0.4, 0.5) is 0 Å². The molecule has 0 aliphatic heterocycles. The molecule has 1 N–H and O–H groups in total. The summed E-state index contributed by atoms with van der Waals surface area (Å²) in [4.78, 5) is 4.28. The van der Waals surface area contributed by atoms with Crippen molar-refractivity contribution in [3.8, 4) is 0 Å². The van der Waals surface area contributed by atoms with Gasteiger partial charge in [0.05, 0.1) is 11.2 Å². The molecule has 2 atom stereocenters. The Morgan fingerprint density at radius 1 is 1.43 bits per heavy atom. The average molecular weight is 210 g/mol. The van der Waals surface area contributed by atoms with E-state index >= 15 is 0 Å². The summed E-state index contributed by atoms with van der Waals surface area (Å²) in [7, 11) is 0. The highest BCUT2D eigenvalue weighted by Crippen LogP contribution is 2.30. The molecular weight excluding hydrogens is 192 g/mol. The maximum Gasteiger partial charge on any atom is 0.0795 e. The van der Waals surface area contributed by atoms with E-state index in [0.717, 1.165) is 18.4 Å². The Morgan fingerprint density at radius 2 is 2.14 bits per heavy atom. The van der Waals surface area contributed by atoms with Crippen molar-refractivity contribution in [2.45, 2.75) is 39.3 Å². The fourth-order valence-electron chi connectivity index (χ4n) is 2.40. The highest BCUT2D eigenvalue weighted by Gasteiger charge is 2.29. The first-order valence-electron chi connectivity index (χ1n) is 5.38. The van der Waals surface area contributed by atoms with Gasteiger partial charge in [0.1, 0.15) is 0 Å². The van der Waals surface area contributed by atoms with Gasteiger partial charge in [0, 0.05) is 18.0 Å². The Morgan fingerprint density at radius 3 is 2.71 bits per heavy atom. The van der Waals surface area contributed by atoms with Crippen molar-refractivity contribution in [2.24, 2.45) is 11.8 Å². The van der Waals surface area contributed by atoms with Crippen LogP contribution in [0.2, 0.25) is 0 Å². The lowest BCUT2D eigenvalue weighted by Gasteiger charge is -2.21. The van der Waals surface area contributed by atoms with Gasteiger partial charge in [0.25, 0.3) is 0 Å². The molecule has 14 heavy (non-hydrogen) atoms. The molecule has 2 nitrogen and oxygen atoms in total. The van der Waals surface area contributed by atoms with Gasteiger partial charge in [-0.2, -0.15) is 0 Å². The summed E-state index contributed by atoms with van der Waals surface area (Å²) >= 11 is 1.67. The monoisotopic (exact) mass is 210 g/mol. The maximum atomic E-state index is 4.28. The van der Waals surface area contributed by atoms with Gasteiger partial charge in [0.2, 0.25) is 0 Å². The molecule has 1 aliphatic carbocycles. The van der Waals surface area contributed by atoms with Crippen molar-refractivity contribution in [3.63, 3.8) is 0 Å². The second kappa shape index (κ2) is 4.41. The first kappa shape index (κ1) is 10.1. The third kappa shape index (κ3) is 2.15. The molecule has 1 aromatic heterocycles. The van der Waals surface area contributed by atoms with Crippen LogP contribution in [0.3, 0.4) is 0 Å². The van der Waals surface area contributed by atoms with Crippen molar-refractivity contribution >= 4 is 11.3 Å². The van der Waals surface area contributed by atoms with E-state index in [2.05, 4.69) is 29.5 Å². The van der Waals surface area contributed by atoms with E-state index in [1.54, 1.807) is 11.3 Å². The minimum absolute atomic E-state index is 0.691. The molecule has 1 aliphatic rings. The second-order valence-corrected chi connectivity index (χ2v) is 5.14. The minimum atomic E-state index is 0.691. The van der Waals surface area contributed by atoms with E-state index in [1.807, 2.05) is 5.51 Å². The molecule has 1 aromatic rings. The van der Waals surface area contributed by atoms with Gasteiger partial charge in [-0.3, -0.25) is 0 Å². The number of nitrogens with one attached hydrogen (secondary N) is 1. The third-order valence-electron chi connectivity index (χ3n) is 3.31. The van der Waals surface area contributed by atoms with E-state index in [0.29, 0.717) is 6.04 Å². The summed E-state index contributed by atoms with van der Waals surface area (Å²) in [6.07, 6.45) is 2.74. The molecule has 1 heterocycles. The van der Waals surface area contributed by atoms with Gasteiger partial charge in [-0.15, -0.1) is 11.3 Å². The van der Waals surface area contributed by atoms with Gasteiger partial charge < -0.3 is 5.32 Å². The summed E-state index contributed by atoms with van der Waals surface area (Å²) in [6, 6.07) is 0.691. The predicted octanol–water partition coefficient (Wildman–Crippen LogP) is 2.67. The average Bonchev–Trinajstić information content (AvgIpc) is 2.76. The van der Waals surface area contributed by atoms with E-state index in [-0.39, 0.29) is 0 Å². The highest BCUT2D eigenvalue weighted by molar-refractivity contribution is 7.07. The van der Waals surface area contributed by atoms with Crippen LogP contribution >= 0.6 is 11.3 Å². The standard InChI is InChI=1S/C11H18N2S/c1-8-3-4-9(2)11(8)12-5-10-6-14-7-13-10/h6-9,11-12H,3-5H2,1-2H3. The normalized spacial score (nSPS) is 32.3. The van der Waals surface area contributed by atoms with E-state index < -0.39 is 0 Å². The summed E-state index contributed by atoms with van der Waals surface area (Å²) in [5.74, 6) is 1.65. The number of nitrogens with zero attached hydrogens (tertiary/aromatic N) is 1. The smallest absolute Gasteiger partial charge is 0.0795 e. The van der Waals surface area contributed by atoms with E-state index in [1.165, 1.54) is 18.5 Å². The molecular formula is C11H18N2S. The zero-order chi connectivity index (χ0) is 9.97. The molecule has 1 saturated carbocycles. The van der Waals surface area contributed by atoms with Gasteiger partial charge in [-0.05, 0) is 24.7 Å². The lowest BCUT2D eigenvalue weighted by molar-refractivity contribution is 0.364. The fraction of sp³-hybridized carbons (Fsp3) is 0.727. The van der Waals surface area contributed by atoms with Crippen molar-refractivity contribution in [1.29, 1.82) is 0 Å². The van der Waals surface area contributed by atoms with Crippen LogP contribution in [-0.2, 0) is 6.54 Å². The van der Waals surface area contributed by atoms with Crippen LogP contribution in [0.5, 0.6) is 0 Å². The number of aromatic nitrogens is 1. The third-order valence-corrected chi connectivity index (χ3v) is 3.94. The molecule has 0 amide bonds. The Balaban J connectivity index is 1.85. The molecule has 78 valence electrons. The number of thiazole rings is 1. The summed E-state index contributed by atoms with van der Waals surface area (Å²) in [6.45, 7) is 5.63. The zero-order valence-electron chi connectivity index (χ0n) is 8.86. The summed E-state index contributed by atoms with van der Waals surface area (Å²) < 4.78 is 0. The highest BCUT2D eigenvalue weighted by atomic mass is 32.1. The van der Waals surface area contributed by atoms with Gasteiger partial charge >= 0.3 is 0 Å². The van der Waals surface area contributed by atoms with Crippen LogP contribution in [0.1, 0.15) is 32.4 Å². The van der Waals surface area contributed by atoms with E-state index in [4.69, 9.17) is 0 Å². The van der Waals surface area contributed by atoms with Crippen LogP contribution in [0.15, 0.2) is 10.9 Å². The first-order valence-corrected chi connectivity index (χ1v) is 6.32. The number of hydrogen-bond donors (Lipinski definition) is 1. The largest absolute Gasteiger partial charge is 0.308 e. The van der Waals surface area contributed by atoms with Gasteiger partial charge in [-0.25, -0.2) is 4.98 Å². The molecule has 1 fully saturated rings. The fourth-order valence-corrected chi connectivity index (χ4v) is 2.95. The quantitative estimate of drug-likeness (QED) is 0.829. The van der Waals surface area contributed by atoms with Crippen LogP contribution < -0.4 is 5.32 Å². The zero-order valence-corrected chi connectivity index (χ0v) is 9.68. The first-order chi connectivity index (χ1) is 6.77. The van der Waals surface area contributed by atoms with Crippen LogP contribution in [0.25, 0.3) is 0 Å². The molecule has 0 radical (unpaired) electrons. The molecule has 0 aromatic carbocycles. The minimum Gasteiger partial charge on any atom is -0.308 e. The molecule has 0 bridgehead atoms. The molecule has 2 unspecified atom stereocenters. The van der Waals surface area contributed by atoms with Gasteiger partial charge in [0.15, 0.2) is 0 Å². The lowest BCUT2D eigenvalue weighted by atomic mass is 10.0. The molecule has 2 rings (SSSR count). The van der Waals surface area contributed by atoms with Crippen molar-refractivity contribution < 1.29 is 0 Å². The van der Waals surface area contributed by atoms with Crippen molar-refractivity contribution in [1.82, 2.24) is 10.3 Å². The molecule has 3 heteroatoms. The Labute approximate surface area is 89.8 Å². The Kier molecular flexibility index (Phi) is 3.19. The summed E-state index contributed by atoms with van der Waals surface area (Å²) in [5, 5.41) is 5.75. The van der Waals surface area contributed by atoms with Crippen molar-refractivity contribution in [3.05, 3.63) is 16.6 Å². The summed E-state index contributed by atoms with van der Waals surface area (Å²) in [5.41, 5.74) is 3.08. The van der Waals surface area contributed by atoms with Crippen molar-refractivity contribution in [2.75, 3.05) is 0 Å². The maximum absolute atomic E-state index is 4.28. The van der Waals surface area contributed by atoms with Crippen LogP contribution in [-0.4, -0.2) is 11.0 Å². The van der Waals surface area contributed by atoms with Gasteiger partial charge in [-0.1, -0.05) is 13.8 Å². The van der Waals surface area contributed by atoms with E-state index in [9.17, 15) is 0 Å². The number of hydrogen-bond acceptors (Lipinski definition) is 3. The predicted molar refractivity (Wildman–Crippen MR) is 60.3 cm³/mol. The SMILES string of the molecule is CC1CCC(C)C1NCc1cscn1. The van der Waals surface area contributed by atoms with Crippen LogP contribution in [0, 0.1) is 11.8 Å². The lowest BCUT2D eigenvalue weighted by Crippen LogP contribution is -2.35.